The van der Waals surface area contributed by atoms with Gasteiger partial charge in [-0.15, -0.1) is 0 Å². The Labute approximate surface area is 73.6 Å². The number of nitrogen functional groups attached to an aromatic ring is 1. The number of anilines is 1. The van der Waals surface area contributed by atoms with Gasteiger partial charge in [0.2, 0.25) is 5.76 Å². The first-order chi connectivity index (χ1) is 6.18. The van der Waals surface area contributed by atoms with Gasteiger partial charge in [-0.05, 0) is 12.1 Å². The van der Waals surface area contributed by atoms with Crippen LogP contribution in [0.1, 0.15) is 10.6 Å². The predicted molar refractivity (Wildman–Crippen MR) is 47.6 cm³/mol. The molecule has 0 spiro atoms. The fraction of sp³-hybridized carbons (Fsp3) is 0. The zero-order valence-corrected chi connectivity index (χ0v) is 6.65. The summed E-state index contributed by atoms with van der Waals surface area (Å²) in [5, 5.41) is 9.28. The standard InChI is InChI=1S/C9H7NO3/c10-6-2-1-3-7-5(6)4-8(13-7)9(11)12/h1-4H,10H2,(H,11,12). The summed E-state index contributed by atoms with van der Waals surface area (Å²) in [7, 11) is 0. The molecule has 13 heavy (non-hydrogen) atoms. The minimum atomic E-state index is -1.09. The summed E-state index contributed by atoms with van der Waals surface area (Å²) in [6, 6.07) is 6.52. The average molecular weight is 177 g/mol. The van der Waals surface area contributed by atoms with Gasteiger partial charge < -0.3 is 15.3 Å². The molecule has 4 heteroatoms. The predicted octanol–water partition coefficient (Wildman–Crippen LogP) is 1.71. The first-order valence-electron chi connectivity index (χ1n) is 3.70. The molecule has 0 saturated carbocycles. The van der Waals surface area contributed by atoms with Crippen LogP contribution in [-0.4, -0.2) is 11.1 Å². The summed E-state index contributed by atoms with van der Waals surface area (Å²) in [6.45, 7) is 0. The summed E-state index contributed by atoms with van der Waals surface area (Å²) < 4.78 is 5.03. The molecule has 3 N–H and O–H groups in total. The largest absolute Gasteiger partial charge is 0.475 e. The maximum absolute atomic E-state index is 10.5. The van der Waals surface area contributed by atoms with Gasteiger partial charge >= 0.3 is 5.97 Å². The summed E-state index contributed by atoms with van der Waals surface area (Å²) in [5.41, 5.74) is 6.64. The maximum atomic E-state index is 10.5. The fourth-order valence-electron chi connectivity index (χ4n) is 1.19. The van der Waals surface area contributed by atoms with Gasteiger partial charge in [0.25, 0.3) is 0 Å². The lowest BCUT2D eigenvalue weighted by Gasteiger charge is -1.90. The van der Waals surface area contributed by atoms with Gasteiger partial charge in [-0.25, -0.2) is 4.79 Å². The number of carbonyl (C=O) groups is 1. The number of aromatic carboxylic acids is 1. The number of carboxylic acids is 1. The van der Waals surface area contributed by atoms with Crippen molar-refractivity contribution < 1.29 is 14.3 Å². The van der Waals surface area contributed by atoms with E-state index in [1.54, 1.807) is 18.2 Å². The van der Waals surface area contributed by atoms with Crippen molar-refractivity contribution in [3.8, 4) is 0 Å². The van der Waals surface area contributed by atoms with Crippen LogP contribution >= 0.6 is 0 Å². The molecule has 0 fully saturated rings. The van der Waals surface area contributed by atoms with E-state index in [1.165, 1.54) is 6.07 Å². The Morgan fingerprint density at radius 3 is 2.85 bits per heavy atom. The number of rotatable bonds is 1. The summed E-state index contributed by atoms with van der Waals surface area (Å²) in [6.07, 6.45) is 0. The lowest BCUT2D eigenvalue weighted by Crippen LogP contribution is -1.91. The Morgan fingerprint density at radius 2 is 2.23 bits per heavy atom. The number of hydrogen-bond acceptors (Lipinski definition) is 3. The van der Waals surface area contributed by atoms with Crippen molar-refractivity contribution in [2.75, 3.05) is 5.73 Å². The maximum Gasteiger partial charge on any atom is 0.371 e. The molecule has 1 aromatic carbocycles. The summed E-state index contributed by atoms with van der Waals surface area (Å²) >= 11 is 0. The van der Waals surface area contributed by atoms with Gasteiger partial charge in [0.15, 0.2) is 0 Å². The minimum Gasteiger partial charge on any atom is -0.475 e. The van der Waals surface area contributed by atoms with E-state index in [9.17, 15) is 4.79 Å². The lowest BCUT2D eigenvalue weighted by atomic mass is 10.2. The van der Waals surface area contributed by atoms with Crippen molar-refractivity contribution in [3.05, 3.63) is 30.0 Å². The van der Waals surface area contributed by atoms with Crippen LogP contribution in [0.4, 0.5) is 5.69 Å². The molecule has 0 radical (unpaired) electrons. The molecule has 0 atom stereocenters. The quantitative estimate of drug-likeness (QED) is 0.650. The van der Waals surface area contributed by atoms with Crippen LogP contribution in [0.2, 0.25) is 0 Å². The Hall–Kier alpha value is -1.97. The van der Waals surface area contributed by atoms with Gasteiger partial charge in [-0.3, -0.25) is 0 Å². The summed E-state index contributed by atoms with van der Waals surface area (Å²) in [4.78, 5) is 10.5. The SMILES string of the molecule is Nc1cccc2oc(C(=O)O)cc12. The zero-order chi connectivity index (χ0) is 9.42. The number of benzene rings is 1. The third kappa shape index (κ3) is 1.12. The smallest absolute Gasteiger partial charge is 0.371 e. The van der Waals surface area contributed by atoms with E-state index in [2.05, 4.69) is 0 Å². The fourth-order valence-corrected chi connectivity index (χ4v) is 1.19. The first kappa shape index (κ1) is 7.67. The molecule has 0 aliphatic heterocycles. The lowest BCUT2D eigenvalue weighted by molar-refractivity contribution is 0.0665. The highest BCUT2D eigenvalue weighted by atomic mass is 16.4. The van der Waals surface area contributed by atoms with Gasteiger partial charge in [-0.1, -0.05) is 6.07 Å². The number of furan rings is 1. The molecule has 1 aromatic heterocycles. The molecular formula is C9H7NO3. The summed E-state index contributed by atoms with van der Waals surface area (Å²) in [5.74, 6) is -1.18. The third-order valence-electron chi connectivity index (χ3n) is 1.81. The molecule has 0 bridgehead atoms. The van der Waals surface area contributed by atoms with Gasteiger partial charge in [0, 0.05) is 17.1 Å². The Balaban J connectivity index is 2.75. The van der Waals surface area contributed by atoms with Crippen molar-refractivity contribution in [2.45, 2.75) is 0 Å². The Morgan fingerprint density at radius 1 is 1.46 bits per heavy atom. The number of nitrogens with two attached hydrogens (primary N) is 1. The third-order valence-corrected chi connectivity index (χ3v) is 1.81. The molecule has 66 valence electrons. The van der Waals surface area contributed by atoms with Gasteiger partial charge in [0.1, 0.15) is 5.58 Å². The topological polar surface area (TPSA) is 76.5 Å². The van der Waals surface area contributed by atoms with Gasteiger partial charge in [0.05, 0.1) is 0 Å². The van der Waals surface area contributed by atoms with E-state index < -0.39 is 5.97 Å². The van der Waals surface area contributed by atoms with Crippen molar-refractivity contribution in [2.24, 2.45) is 0 Å². The number of fused-ring (bicyclic) bond motifs is 1. The van der Waals surface area contributed by atoms with E-state index in [-0.39, 0.29) is 5.76 Å². The molecule has 0 aliphatic carbocycles. The highest BCUT2D eigenvalue weighted by molar-refractivity contribution is 5.96. The zero-order valence-electron chi connectivity index (χ0n) is 6.65. The molecule has 0 saturated heterocycles. The van der Waals surface area contributed by atoms with Crippen molar-refractivity contribution in [1.82, 2.24) is 0 Å². The molecular weight excluding hydrogens is 170 g/mol. The van der Waals surface area contributed by atoms with Crippen LogP contribution in [0, 0.1) is 0 Å². The number of hydrogen-bond donors (Lipinski definition) is 2. The second kappa shape index (κ2) is 2.52. The monoisotopic (exact) mass is 177 g/mol. The normalized spacial score (nSPS) is 10.5. The van der Waals surface area contributed by atoms with Crippen LogP contribution in [0.3, 0.4) is 0 Å². The van der Waals surface area contributed by atoms with Crippen LogP contribution < -0.4 is 5.73 Å². The first-order valence-corrected chi connectivity index (χ1v) is 3.70. The van der Waals surface area contributed by atoms with E-state index in [1.807, 2.05) is 0 Å². The van der Waals surface area contributed by atoms with Crippen LogP contribution in [0.25, 0.3) is 11.0 Å². The van der Waals surface area contributed by atoms with Crippen molar-refractivity contribution in [3.63, 3.8) is 0 Å². The van der Waals surface area contributed by atoms with Crippen molar-refractivity contribution in [1.29, 1.82) is 0 Å². The molecule has 1 heterocycles. The molecule has 0 unspecified atom stereocenters. The van der Waals surface area contributed by atoms with E-state index in [4.69, 9.17) is 15.3 Å². The van der Waals surface area contributed by atoms with Gasteiger partial charge in [-0.2, -0.15) is 0 Å². The second-order valence-electron chi connectivity index (χ2n) is 2.67. The Kier molecular flexibility index (Phi) is 1.48. The van der Waals surface area contributed by atoms with E-state index in [0.29, 0.717) is 16.7 Å². The molecule has 4 nitrogen and oxygen atoms in total. The van der Waals surface area contributed by atoms with Crippen molar-refractivity contribution >= 4 is 22.6 Å². The Bertz CT molecular complexity index is 473. The molecule has 2 rings (SSSR count). The van der Waals surface area contributed by atoms with E-state index in [0.717, 1.165) is 0 Å². The number of carboxylic acid groups (broad SMARTS) is 1. The average Bonchev–Trinajstić information content (AvgIpc) is 2.49. The van der Waals surface area contributed by atoms with E-state index >= 15 is 0 Å². The minimum absolute atomic E-state index is 0.0899. The molecule has 2 aromatic rings. The van der Waals surface area contributed by atoms with Crippen LogP contribution in [0.15, 0.2) is 28.7 Å². The molecule has 0 aliphatic rings. The molecule has 0 amide bonds. The van der Waals surface area contributed by atoms with Crippen LogP contribution in [-0.2, 0) is 0 Å². The highest BCUT2D eigenvalue weighted by Gasteiger charge is 2.11. The van der Waals surface area contributed by atoms with Crippen LogP contribution in [0.5, 0.6) is 0 Å². The highest BCUT2D eigenvalue weighted by Crippen LogP contribution is 2.24. The second-order valence-corrected chi connectivity index (χ2v) is 2.67.